The first-order valence-electron chi connectivity index (χ1n) is 4.70. The average Bonchev–Trinajstić information content (AvgIpc) is 2.28. The lowest BCUT2D eigenvalue weighted by Crippen LogP contribution is -2.33. The normalized spacial score (nSPS) is 11.9. The van der Waals surface area contributed by atoms with Crippen LogP contribution in [0.15, 0.2) is 12.3 Å². The fraction of sp³-hybridized carbons (Fsp3) is 0.400. The van der Waals surface area contributed by atoms with Crippen molar-refractivity contribution in [1.29, 1.82) is 0 Å². The summed E-state index contributed by atoms with van der Waals surface area (Å²) in [5.74, 6) is -0.0713. The van der Waals surface area contributed by atoms with E-state index in [0.29, 0.717) is 17.1 Å². The van der Waals surface area contributed by atoms with E-state index >= 15 is 0 Å². The van der Waals surface area contributed by atoms with E-state index in [4.69, 9.17) is 16.2 Å². The number of aromatic nitrogens is 1. The minimum atomic E-state index is -0.748. The molecule has 4 N–H and O–H groups in total. The molecular weight excluding hydrogens is 210 g/mol. The first-order chi connectivity index (χ1) is 7.58. The molecule has 1 atom stereocenters. The van der Waals surface area contributed by atoms with Crippen LogP contribution in [0.1, 0.15) is 5.56 Å². The second-order valence-corrected chi connectivity index (χ2v) is 3.27. The maximum atomic E-state index is 11.2. The van der Waals surface area contributed by atoms with E-state index in [2.05, 4.69) is 9.72 Å². The zero-order valence-electron chi connectivity index (χ0n) is 9.27. The molecule has 6 heteroatoms. The fourth-order valence-electron chi connectivity index (χ4n) is 1.32. The molecule has 0 aliphatic carbocycles. The van der Waals surface area contributed by atoms with Gasteiger partial charge in [0.2, 0.25) is 5.88 Å². The first-order valence-corrected chi connectivity index (χ1v) is 4.70. The van der Waals surface area contributed by atoms with Gasteiger partial charge < -0.3 is 20.9 Å². The van der Waals surface area contributed by atoms with Crippen molar-refractivity contribution >= 4 is 11.7 Å². The predicted molar refractivity (Wildman–Crippen MR) is 58.9 cm³/mol. The minimum absolute atomic E-state index is 0.272. The number of carbonyl (C=O) groups is 1. The van der Waals surface area contributed by atoms with Gasteiger partial charge in [-0.2, -0.15) is 0 Å². The van der Waals surface area contributed by atoms with Crippen LogP contribution in [-0.2, 0) is 16.0 Å². The van der Waals surface area contributed by atoms with Crippen LogP contribution in [0.4, 0.5) is 5.69 Å². The van der Waals surface area contributed by atoms with Gasteiger partial charge in [0.25, 0.3) is 0 Å². The molecular formula is C10H15N3O3. The first kappa shape index (κ1) is 12.3. The van der Waals surface area contributed by atoms with Gasteiger partial charge >= 0.3 is 5.97 Å². The molecule has 0 amide bonds. The molecule has 16 heavy (non-hydrogen) atoms. The average molecular weight is 225 g/mol. The summed E-state index contributed by atoms with van der Waals surface area (Å²) >= 11 is 0. The van der Waals surface area contributed by atoms with Gasteiger partial charge in [0.05, 0.1) is 26.1 Å². The summed E-state index contributed by atoms with van der Waals surface area (Å²) in [4.78, 5) is 15.1. The Morgan fingerprint density at radius 2 is 2.25 bits per heavy atom. The molecule has 0 fully saturated rings. The Balaban J connectivity index is 2.86. The van der Waals surface area contributed by atoms with E-state index < -0.39 is 12.0 Å². The number of methoxy groups -OCH3 is 2. The number of esters is 1. The molecule has 0 saturated carbocycles. The number of hydrogen-bond acceptors (Lipinski definition) is 6. The van der Waals surface area contributed by atoms with Crippen LogP contribution in [0, 0.1) is 0 Å². The van der Waals surface area contributed by atoms with Crippen molar-refractivity contribution in [3.05, 3.63) is 17.8 Å². The van der Waals surface area contributed by atoms with Crippen LogP contribution >= 0.6 is 0 Å². The van der Waals surface area contributed by atoms with Crippen molar-refractivity contribution in [2.24, 2.45) is 5.73 Å². The summed E-state index contributed by atoms with van der Waals surface area (Å²) in [5.41, 5.74) is 12.4. The third-order valence-electron chi connectivity index (χ3n) is 2.08. The van der Waals surface area contributed by atoms with Crippen molar-refractivity contribution in [2.75, 3.05) is 20.0 Å². The number of carbonyl (C=O) groups excluding carboxylic acids is 1. The highest BCUT2D eigenvalue weighted by atomic mass is 16.5. The lowest BCUT2D eigenvalue weighted by atomic mass is 10.1. The topological polar surface area (TPSA) is 100 Å². The van der Waals surface area contributed by atoms with Crippen molar-refractivity contribution in [2.45, 2.75) is 12.5 Å². The number of rotatable bonds is 4. The molecule has 0 spiro atoms. The number of anilines is 1. The number of nitrogens with two attached hydrogens (primary N) is 2. The molecule has 88 valence electrons. The Bertz CT molecular complexity index is 382. The summed E-state index contributed by atoms with van der Waals surface area (Å²) in [5, 5.41) is 0. The van der Waals surface area contributed by atoms with Crippen LogP contribution in [-0.4, -0.2) is 31.2 Å². The fourth-order valence-corrected chi connectivity index (χ4v) is 1.32. The maximum Gasteiger partial charge on any atom is 0.322 e. The highest BCUT2D eigenvalue weighted by Gasteiger charge is 2.17. The van der Waals surface area contributed by atoms with Crippen molar-refractivity contribution in [3.63, 3.8) is 0 Å². The molecule has 0 bridgehead atoms. The molecule has 1 rings (SSSR count). The summed E-state index contributed by atoms with van der Waals surface area (Å²) < 4.78 is 9.57. The van der Waals surface area contributed by atoms with Gasteiger partial charge in [0.15, 0.2) is 0 Å². The van der Waals surface area contributed by atoms with Crippen LogP contribution in [0.5, 0.6) is 5.88 Å². The quantitative estimate of drug-likeness (QED) is 0.683. The summed E-state index contributed by atoms with van der Waals surface area (Å²) in [6.07, 6.45) is 1.75. The second kappa shape index (κ2) is 5.32. The molecule has 0 aliphatic rings. The molecule has 0 aliphatic heterocycles. The standard InChI is InChI=1S/C10H15N3O3/c1-15-9-6(3-7(11)5-13-9)4-8(12)10(14)16-2/h3,5,8H,4,11-12H2,1-2H3/t8-/m1/s1. The van der Waals surface area contributed by atoms with E-state index in [1.165, 1.54) is 20.4 Å². The van der Waals surface area contributed by atoms with Gasteiger partial charge in [-0.25, -0.2) is 4.98 Å². The Morgan fingerprint density at radius 3 is 2.81 bits per heavy atom. The molecule has 0 saturated heterocycles. The number of ether oxygens (including phenoxy) is 2. The van der Waals surface area contributed by atoms with Crippen LogP contribution in [0.3, 0.4) is 0 Å². The van der Waals surface area contributed by atoms with Crippen LogP contribution in [0.2, 0.25) is 0 Å². The third-order valence-corrected chi connectivity index (χ3v) is 2.08. The van der Waals surface area contributed by atoms with E-state index in [0.717, 1.165) is 0 Å². The van der Waals surface area contributed by atoms with Crippen LogP contribution in [0.25, 0.3) is 0 Å². The highest BCUT2D eigenvalue weighted by Crippen LogP contribution is 2.18. The molecule has 6 nitrogen and oxygen atoms in total. The zero-order chi connectivity index (χ0) is 12.1. The van der Waals surface area contributed by atoms with E-state index in [9.17, 15) is 4.79 Å². The largest absolute Gasteiger partial charge is 0.481 e. The summed E-state index contributed by atoms with van der Waals surface area (Å²) in [6, 6.07) is 0.928. The lowest BCUT2D eigenvalue weighted by Gasteiger charge is -2.12. The van der Waals surface area contributed by atoms with Crippen molar-refractivity contribution in [3.8, 4) is 5.88 Å². The van der Waals surface area contributed by atoms with Crippen molar-refractivity contribution < 1.29 is 14.3 Å². The van der Waals surface area contributed by atoms with Gasteiger partial charge in [0.1, 0.15) is 6.04 Å². The molecule has 0 unspecified atom stereocenters. The number of nitrogens with zero attached hydrogens (tertiary/aromatic N) is 1. The van der Waals surface area contributed by atoms with Gasteiger partial charge in [-0.1, -0.05) is 0 Å². The molecule has 0 radical (unpaired) electrons. The van der Waals surface area contributed by atoms with E-state index in [1.54, 1.807) is 6.07 Å². The minimum Gasteiger partial charge on any atom is -0.481 e. The maximum absolute atomic E-state index is 11.2. The van der Waals surface area contributed by atoms with Crippen LogP contribution < -0.4 is 16.2 Å². The SMILES string of the molecule is COC(=O)[C@H](N)Cc1cc(N)cnc1OC. The highest BCUT2D eigenvalue weighted by molar-refractivity contribution is 5.75. The second-order valence-electron chi connectivity index (χ2n) is 3.27. The number of hydrogen-bond donors (Lipinski definition) is 2. The van der Waals surface area contributed by atoms with E-state index in [1.807, 2.05) is 0 Å². The Morgan fingerprint density at radius 1 is 1.56 bits per heavy atom. The molecule has 0 aromatic carbocycles. The van der Waals surface area contributed by atoms with Gasteiger partial charge in [0, 0.05) is 12.0 Å². The third kappa shape index (κ3) is 2.83. The predicted octanol–water partition coefficient (Wildman–Crippen LogP) is -0.285. The number of nitrogen functional groups attached to an aromatic ring is 1. The summed E-state index contributed by atoms with van der Waals surface area (Å²) in [7, 11) is 2.78. The monoisotopic (exact) mass is 225 g/mol. The smallest absolute Gasteiger partial charge is 0.322 e. The van der Waals surface area contributed by atoms with Gasteiger partial charge in [-0.3, -0.25) is 4.79 Å². The Hall–Kier alpha value is -1.82. The number of pyridine rings is 1. The Labute approximate surface area is 93.5 Å². The summed E-state index contributed by atoms with van der Waals surface area (Å²) in [6.45, 7) is 0. The lowest BCUT2D eigenvalue weighted by molar-refractivity contribution is -0.142. The van der Waals surface area contributed by atoms with Gasteiger partial charge in [-0.15, -0.1) is 0 Å². The van der Waals surface area contributed by atoms with Gasteiger partial charge in [-0.05, 0) is 6.07 Å². The molecule has 1 aromatic heterocycles. The molecule has 1 aromatic rings. The molecule has 1 heterocycles. The Kier molecular flexibility index (Phi) is 4.07. The van der Waals surface area contributed by atoms with E-state index in [-0.39, 0.29) is 6.42 Å². The van der Waals surface area contributed by atoms with Crippen molar-refractivity contribution in [1.82, 2.24) is 4.98 Å². The zero-order valence-corrected chi connectivity index (χ0v) is 9.27.